The minimum Gasteiger partial charge on any atom is -0.341 e. The predicted molar refractivity (Wildman–Crippen MR) is 198 cm³/mol. The van der Waals surface area contributed by atoms with Gasteiger partial charge in [-0.15, -0.1) is 0 Å². The van der Waals surface area contributed by atoms with Gasteiger partial charge in [-0.3, -0.25) is 9.78 Å². The van der Waals surface area contributed by atoms with Crippen molar-refractivity contribution in [2.24, 2.45) is 0 Å². The van der Waals surface area contributed by atoms with Gasteiger partial charge in [-0.1, -0.05) is 121 Å². The van der Waals surface area contributed by atoms with Gasteiger partial charge in [-0.2, -0.15) is 5.10 Å². The smallest absolute Gasteiger partial charge is 0.287 e. The Morgan fingerprint density at radius 1 is 0.760 bits per heavy atom. The van der Waals surface area contributed by atoms with Gasteiger partial charge < -0.3 is 15.6 Å². The molecule has 50 heavy (non-hydrogen) atoms. The minimum absolute atomic E-state index is 0.226. The van der Waals surface area contributed by atoms with Gasteiger partial charge >= 0.3 is 0 Å². The average molecular weight is 654 g/mol. The highest BCUT2D eigenvalue weighted by atomic mass is 16.2. The predicted octanol–water partition coefficient (Wildman–Crippen LogP) is 7.51. The summed E-state index contributed by atoms with van der Waals surface area (Å²) in [5.41, 5.74) is 7.35. The van der Waals surface area contributed by atoms with Crippen LogP contribution in [-0.4, -0.2) is 44.2 Å². The Kier molecular flexibility index (Phi) is 8.20. The fourth-order valence-electron chi connectivity index (χ4n) is 6.98. The number of pyridine rings is 1. The first-order valence-corrected chi connectivity index (χ1v) is 16.7. The van der Waals surface area contributed by atoms with Crippen LogP contribution in [0.25, 0.3) is 33.2 Å². The Hall–Kier alpha value is -6.38. The molecule has 8 aromatic rings. The summed E-state index contributed by atoms with van der Waals surface area (Å²) >= 11 is 0. The van der Waals surface area contributed by atoms with Gasteiger partial charge in [0.15, 0.2) is 5.82 Å². The van der Waals surface area contributed by atoms with Crippen LogP contribution in [0.4, 0.5) is 0 Å². The molecule has 0 aliphatic rings. The van der Waals surface area contributed by atoms with Gasteiger partial charge in [0.05, 0.1) is 22.6 Å². The maximum atomic E-state index is 13.7. The summed E-state index contributed by atoms with van der Waals surface area (Å²) in [6, 6.07) is 49.2. The maximum Gasteiger partial charge on any atom is 0.287 e. The normalized spacial score (nSPS) is 12.3. The summed E-state index contributed by atoms with van der Waals surface area (Å²) in [7, 11) is 1.87. The second-order valence-corrected chi connectivity index (χ2v) is 12.3. The number of likely N-dealkylation sites (N-methyl/N-ethyl adjacent to an activating group) is 1. The van der Waals surface area contributed by atoms with Crippen molar-refractivity contribution in [2.45, 2.75) is 11.6 Å². The van der Waals surface area contributed by atoms with Gasteiger partial charge in [0.25, 0.3) is 5.91 Å². The molecule has 244 valence electrons. The lowest BCUT2D eigenvalue weighted by Crippen LogP contribution is -2.38. The number of aromatic amines is 1. The highest BCUT2D eigenvalue weighted by Gasteiger charge is 2.41. The average Bonchev–Trinajstić information content (AvgIpc) is 3.78. The van der Waals surface area contributed by atoms with E-state index in [4.69, 9.17) is 10.1 Å². The fraction of sp³-hybridized carbons (Fsp3) is 0.0952. The number of fused-ring (bicyclic) bond motifs is 2. The third-order valence-corrected chi connectivity index (χ3v) is 9.26. The molecule has 0 bridgehead atoms. The van der Waals surface area contributed by atoms with E-state index >= 15 is 0 Å². The Morgan fingerprint density at radius 2 is 1.32 bits per heavy atom. The Bertz CT molecular complexity index is 2280. The molecule has 1 unspecified atom stereocenters. The first-order chi connectivity index (χ1) is 24.7. The van der Waals surface area contributed by atoms with Gasteiger partial charge in [0.1, 0.15) is 11.2 Å². The molecule has 0 saturated carbocycles. The number of nitrogens with one attached hydrogen (secondary N) is 3. The molecule has 0 radical (unpaired) electrons. The van der Waals surface area contributed by atoms with E-state index in [1.807, 2.05) is 73.8 Å². The van der Waals surface area contributed by atoms with Gasteiger partial charge in [0, 0.05) is 29.9 Å². The molecule has 1 amide bonds. The molecule has 0 saturated heterocycles. The monoisotopic (exact) mass is 653 g/mol. The fourth-order valence-corrected chi connectivity index (χ4v) is 6.98. The van der Waals surface area contributed by atoms with Gasteiger partial charge in [-0.05, 0) is 53.6 Å². The summed E-state index contributed by atoms with van der Waals surface area (Å²) in [5, 5.41) is 12.7. The third kappa shape index (κ3) is 5.41. The van der Waals surface area contributed by atoms with Crippen LogP contribution in [0.3, 0.4) is 0 Å². The standard InChI is InChI=1S/C42H35N7O/c1-43-28-37(29-14-6-2-7-15-29)47-41(50)40-45-35-26-34-38(27-36(35)46-40)49(48-39(34)30-22-24-44-25-23-30)42(31-16-8-3-9-17-31,32-18-10-4-11-19-32)33-20-12-5-13-21-33/h2-27,37,43H,28H2,1H3,(H,45,46)(H,47,50). The van der Waals surface area contributed by atoms with Gasteiger partial charge in [-0.25, -0.2) is 9.67 Å². The number of amides is 1. The van der Waals surface area contributed by atoms with E-state index in [2.05, 4.69) is 104 Å². The lowest BCUT2D eigenvalue weighted by Gasteiger charge is -2.37. The Balaban J connectivity index is 1.37. The summed E-state index contributed by atoms with van der Waals surface area (Å²) in [5.74, 6) is -0.0346. The van der Waals surface area contributed by atoms with E-state index in [9.17, 15) is 4.79 Å². The summed E-state index contributed by atoms with van der Waals surface area (Å²) in [6.07, 6.45) is 3.56. The van der Waals surface area contributed by atoms with Crippen LogP contribution in [0.15, 0.2) is 158 Å². The Morgan fingerprint density at radius 3 is 1.88 bits per heavy atom. The van der Waals surface area contributed by atoms with Crippen molar-refractivity contribution in [1.82, 2.24) is 35.4 Å². The highest BCUT2D eigenvalue weighted by molar-refractivity contribution is 6.03. The van der Waals surface area contributed by atoms with Crippen molar-refractivity contribution in [3.05, 3.63) is 186 Å². The molecular formula is C42H35N7O. The van der Waals surface area contributed by atoms with Crippen molar-refractivity contribution in [3.8, 4) is 11.3 Å². The van der Waals surface area contributed by atoms with Crippen LogP contribution in [-0.2, 0) is 5.54 Å². The number of carbonyl (C=O) groups excluding carboxylic acids is 1. The molecule has 8 nitrogen and oxygen atoms in total. The first-order valence-electron chi connectivity index (χ1n) is 16.7. The van der Waals surface area contributed by atoms with Crippen molar-refractivity contribution in [1.29, 1.82) is 0 Å². The zero-order chi connectivity index (χ0) is 33.9. The van der Waals surface area contributed by atoms with Crippen LogP contribution in [0, 0.1) is 0 Å². The maximum absolute atomic E-state index is 13.7. The van der Waals surface area contributed by atoms with E-state index in [1.165, 1.54) is 0 Å². The molecule has 3 N–H and O–H groups in total. The Labute approximate surface area is 289 Å². The van der Waals surface area contributed by atoms with Crippen molar-refractivity contribution in [3.63, 3.8) is 0 Å². The number of hydrogen-bond donors (Lipinski definition) is 3. The van der Waals surface area contributed by atoms with Gasteiger partial charge in [0.2, 0.25) is 0 Å². The van der Waals surface area contributed by atoms with E-state index in [1.54, 1.807) is 12.4 Å². The van der Waals surface area contributed by atoms with E-state index in [0.717, 1.165) is 49.9 Å². The topological polar surface area (TPSA) is 101 Å². The number of hydrogen-bond acceptors (Lipinski definition) is 5. The second-order valence-electron chi connectivity index (χ2n) is 12.3. The number of nitrogens with zero attached hydrogens (tertiary/aromatic N) is 4. The van der Waals surface area contributed by atoms with Crippen LogP contribution in [0.2, 0.25) is 0 Å². The number of imidazole rings is 1. The van der Waals surface area contributed by atoms with Crippen LogP contribution >= 0.6 is 0 Å². The lowest BCUT2D eigenvalue weighted by atomic mass is 9.77. The molecule has 3 aromatic heterocycles. The number of carbonyl (C=O) groups is 1. The second kappa shape index (κ2) is 13.3. The largest absolute Gasteiger partial charge is 0.341 e. The molecule has 3 heterocycles. The molecular weight excluding hydrogens is 619 g/mol. The molecule has 1 atom stereocenters. The lowest BCUT2D eigenvalue weighted by molar-refractivity contribution is 0.0927. The molecule has 0 aliphatic carbocycles. The molecule has 0 spiro atoms. The van der Waals surface area contributed by atoms with Crippen LogP contribution < -0.4 is 10.6 Å². The zero-order valence-electron chi connectivity index (χ0n) is 27.5. The number of rotatable bonds is 10. The quantitative estimate of drug-likeness (QED) is 0.133. The van der Waals surface area contributed by atoms with Crippen molar-refractivity contribution in [2.75, 3.05) is 13.6 Å². The number of H-pyrrole nitrogens is 1. The van der Waals surface area contributed by atoms with E-state index < -0.39 is 5.54 Å². The minimum atomic E-state index is -0.850. The first kappa shape index (κ1) is 30.9. The molecule has 0 aliphatic heterocycles. The molecule has 8 rings (SSSR count). The summed E-state index contributed by atoms with van der Waals surface area (Å²) in [4.78, 5) is 26.1. The van der Waals surface area contributed by atoms with Crippen molar-refractivity contribution >= 4 is 27.8 Å². The summed E-state index contributed by atoms with van der Waals surface area (Å²) in [6.45, 7) is 0.575. The van der Waals surface area contributed by atoms with E-state index in [0.29, 0.717) is 12.1 Å². The third-order valence-electron chi connectivity index (χ3n) is 9.26. The summed E-state index contributed by atoms with van der Waals surface area (Å²) < 4.78 is 2.14. The molecule has 5 aromatic carbocycles. The molecule has 0 fully saturated rings. The molecule has 8 heteroatoms. The van der Waals surface area contributed by atoms with Crippen LogP contribution in [0.1, 0.15) is 38.9 Å². The number of aromatic nitrogens is 5. The number of benzene rings is 5. The zero-order valence-corrected chi connectivity index (χ0v) is 27.5. The van der Waals surface area contributed by atoms with E-state index in [-0.39, 0.29) is 17.8 Å². The SMILES string of the molecule is CNCC(NC(=O)c1nc2cc3c(-c4ccncc4)nn(C(c4ccccc4)(c4ccccc4)c4ccccc4)c3cc2[nH]1)c1ccccc1. The van der Waals surface area contributed by atoms with Crippen molar-refractivity contribution < 1.29 is 4.79 Å². The highest BCUT2D eigenvalue weighted by Crippen LogP contribution is 2.44. The van der Waals surface area contributed by atoms with Crippen LogP contribution in [0.5, 0.6) is 0 Å².